The highest BCUT2D eigenvalue weighted by molar-refractivity contribution is 5.99. The van der Waals surface area contributed by atoms with Gasteiger partial charge in [0.2, 0.25) is 5.91 Å². The lowest BCUT2D eigenvalue weighted by Crippen LogP contribution is -2.35. The quantitative estimate of drug-likeness (QED) is 0.526. The molecule has 0 aromatic carbocycles. The Bertz CT molecular complexity index is 210. The molecule has 4 heteroatoms. The van der Waals surface area contributed by atoms with Crippen molar-refractivity contribution in [2.24, 2.45) is 5.92 Å². The number of carbonyl (C=O) groups is 2. The van der Waals surface area contributed by atoms with Gasteiger partial charge in [-0.2, -0.15) is 0 Å². The summed E-state index contributed by atoms with van der Waals surface area (Å²) in [4.78, 5) is 21.4. The van der Waals surface area contributed by atoms with Gasteiger partial charge in [0.05, 0.1) is 0 Å². The van der Waals surface area contributed by atoms with E-state index in [-0.39, 0.29) is 11.4 Å². The average Bonchev–Trinajstić information content (AvgIpc) is 2.05. The van der Waals surface area contributed by atoms with Crippen LogP contribution in [0.4, 0.5) is 0 Å². The number of rotatable bonds is 1. The average molecular weight is 157 g/mol. The van der Waals surface area contributed by atoms with Gasteiger partial charge in [0.1, 0.15) is 5.92 Å². The zero-order chi connectivity index (χ0) is 8.65. The summed E-state index contributed by atoms with van der Waals surface area (Å²) in [6.07, 6.45) is 0.376. The van der Waals surface area contributed by atoms with Crippen molar-refractivity contribution in [1.29, 1.82) is 0 Å². The molecule has 1 heterocycles. The highest BCUT2D eigenvalue weighted by atomic mass is 16.4. The fraction of sp³-hybridized carbons (Fsp3) is 0.714. The summed E-state index contributed by atoms with van der Waals surface area (Å²) in [6.45, 7) is 3.63. The SMILES string of the molecule is CC1(C)CC(C(=O)O)C(=O)N1. The van der Waals surface area contributed by atoms with Crippen LogP contribution in [0.3, 0.4) is 0 Å². The molecule has 4 nitrogen and oxygen atoms in total. The first-order valence-corrected chi connectivity index (χ1v) is 3.47. The van der Waals surface area contributed by atoms with Crippen LogP contribution in [0.5, 0.6) is 0 Å². The predicted octanol–water partition coefficient (Wildman–Crippen LogP) is -0.0143. The minimum Gasteiger partial charge on any atom is -0.481 e. The van der Waals surface area contributed by atoms with Gasteiger partial charge >= 0.3 is 5.97 Å². The van der Waals surface area contributed by atoms with Crippen molar-refractivity contribution in [2.75, 3.05) is 0 Å². The molecule has 0 bridgehead atoms. The summed E-state index contributed by atoms with van der Waals surface area (Å²) in [5.41, 5.74) is -0.361. The molecule has 1 aliphatic rings. The van der Waals surface area contributed by atoms with Crippen molar-refractivity contribution in [1.82, 2.24) is 5.32 Å². The van der Waals surface area contributed by atoms with E-state index in [1.165, 1.54) is 0 Å². The summed E-state index contributed by atoms with van der Waals surface area (Å²) in [5, 5.41) is 11.2. The number of hydrogen-bond donors (Lipinski definition) is 2. The third kappa shape index (κ3) is 1.50. The van der Waals surface area contributed by atoms with Gasteiger partial charge in [-0.3, -0.25) is 9.59 Å². The fourth-order valence-electron chi connectivity index (χ4n) is 1.27. The van der Waals surface area contributed by atoms with Crippen molar-refractivity contribution >= 4 is 11.9 Å². The molecule has 1 amide bonds. The third-order valence-electron chi connectivity index (χ3n) is 1.79. The summed E-state index contributed by atoms with van der Waals surface area (Å²) in [6, 6.07) is 0. The van der Waals surface area contributed by atoms with Crippen LogP contribution in [0.25, 0.3) is 0 Å². The number of nitrogens with one attached hydrogen (secondary N) is 1. The molecule has 62 valence electrons. The standard InChI is InChI=1S/C7H11NO3/c1-7(2)3-4(6(10)11)5(9)8-7/h4H,3H2,1-2H3,(H,8,9)(H,10,11). The van der Waals surface area contributed by atoms with Gasteiger partial charge in [-0.15, -0.1) is 0 Å². The molecule has 0 spiro atoms. The monoisotopic (exact) mass is 157 g/mol. The van der Waals surface area contributed by atoms with E-state index in [0.29, 0.717) is 6.42 Å². The number of carbonyl (C=O) groups excluding carboxylic acids is 1. The number of amides is 1. The maximum atomic E-state index is 10.9. The van der Waals surface area contributed by atoms with Crippen LogP contribution >= 0.6 is 0 Å². The zero-order valence-electron chi connectivity index (χ0n) is 6.55. The highest BCUT2D eigenvalue weighted by Crippen LogP contribution is 2.24. The van der Waals surface area contributed by atoms with Crippen molar-refractivity contribution in [3.05, 3.63) is 0 Å². The molecule has 1 unspecified atom stereocenters. The Kier molecular flexibility index (Phi) is 1.62. The third-order valence-corrected chi connectivity index (χ3v) is 1.79. The van der Waals surface area contributed by atoms with Gasteiger partial charge in [-0.1, -0.05) is 0 Å². The lowest BCUT2D eigenvalue weighted by Gasteiger charge is -2.15. The van der Waals surface area contributed by atoms with Gasteiger partial charge in [0, 0.05) is 5.54 Å². The van der Waals surface area contributed by atoms with Gasteiger partial charge < -0.3 is 10.4 Å². The zero-order valence-corrected chi connectivity index (χ0v) is 6.55. The smallest absolute Gasteiger partial charge is 0.316 e. The first-order chi connectivity index (χ1) is 4.92. The molecule has 1 rings (SSSR count). The van der Waals surface area contributed by atoms with E-state index in [9.17, 15) is 9.59 Å². The predicted molar refractivity (Wildman–Crippen MR) is 38.0 cm³/mol. The van der Waals surface area contributed by atoms with Crippen LogP contribution in [-0.2, 0) is 9.59 Å². The van der Waals surface area contributed by atoms with E-state index in [1.807, 2.05) is 13.8 Å². The number of carboxylic acid groups (broad SMARTS) is 1. The van der Waals surface area contributed by atoms with E-state index in [4.69, 9.17) is 5.11 Å². The van der Waals surface area contributed by atoms with Crippen LogP contribution in [0.15, 0.2) is 0 Å². The van der Waals surface area contributed by atoms with Gasteiger partial charge in [-0.05, 0) is 20.3 Å². The Morgan fingerprint density at radius 1 is 1.73 bits per heavy atom. The molecule has 1 atom stereocenters. The minimum atomic E-state index is -1.03. The molecule has 1 aliphatic heterocycles. The van der Waals surface area contributed by atoms with E-state index < -0.39 is 11.9 Å². The van der Waals surface area contributed by atoms with E-state index in [1.54, 1.807) is 0 Å². The molecular formula is C7H11NO3. The maximum absolute atomic E-state index is 10.9. The number of carboxylic acids is 1. The van der Waals surface area contributed by atoms with Gasteiger partial charge in [-0.25, -0.2) is 0 Å². The topological polar surface area (TPSA) is 66.4 Å². The molecule has 0 aliphatic carbocycles. The molecule has 0 radical (unpaired) electrons. The number of hydrogen-bond acceptors (Lipinski definition) is 2. The molecule has 1 saturated heterocycles. The lowest BCUT2D eigenvalue weighted by atomic mass is 9.97. The van der Waals surface area contributed by atoms with Crippen LogP contribution in [0.2, 0.25) is 0 Å². The lowest BCUT2D eigenvalue weighted by molar-refractivity contribution is -0.145. The first-order valence-electron chi connectivity index (χ1n) is 3.47. The Morgan fingerprint density at radius 2 is 2.27 bits per heavy atom. The Hall–Kier alpha value is -1.06. The van der Waals surface area contributed by atoms with Crippen molar-refractivity contribution < 1.29 is 14.7 Å². The summed E-state index contributed by atoms with van der Waals surface area (Å²) in [7, 11) is 0. The molecule has 0 aromatic rings. The van der Waals surface area contributed by atoms with Crippen LogP contribution in [0.1, 0.15) is 20.3 Å². The van der Waals surface area contributed by atoms with Crippen molar-refractivity contribution in [3.63, 3.8) is 0 Å². The second-order valence-electron chi connectivity index (χ2n) is 3.47. The molecular weight excluding hydrogens is 146 g/mol. The van der Waals surface area contributed by atoms with E-state index in [2.05, 4.69) is 5.32 Å². The van der Waals surface area contributed by atoms with E-state index in [0.717, 1.165) is 0 Å². The van der Waals surface area contributed by atoms with Crippen LogP contribution in [0, 0.1) is 5.92 Å². The largest absolute Gasteiger partial charge is 0.481 e. The van der Waals surface area contributed by atoms with Crippen LogP contribution < -0.4 is 5.32 Å². The molecule has 11 heavy (non-hydrogen) atoms. The molecule has 0 aromatic heterocycles. The van der Waals surface area contributed by atoms with Crippen molar-refractivity contribution in [2.45, 2.75) is 25.8 Å². The minimum absolute atomic E-state index is 0.361. The Balaban J connectivity index is 2.74. The summed E-state index contributed by atoms with van der Waals surface area (Å²) >= 11 is 0. The first kappa shape index (κ1) is 8.04. The Morgan fingerprint density at radius 3 is 2.45 bits per heavy atom. The molecule has 0 saturated carbocycles. The van der Waals surface area contributed by atoms with Gasteiger partial charge in [0.15, 0.2) is 0 Å². The maximum Gasteiger partial charge on any atom is 0.316 e. The van der Waals surface area contributed by atoms with Crippen LogP contribution in [-0.4, -0.2) is 22.5 Å². The molecule has 2 N–H and O–H groups in total. The second kappa shape index (κ2) is 2.22. The summed E-state index contributed by atoms with van der Waals surface area (Å²) < 4.78 is 0. The second-order valence-corrected chi connectivity index (χ2v) is 3.47. The van der Waals surface area contributed by atoms with E-state index >= 15 is 0 Å². The molecule has 1 fully saturated rings. The Labute approximate surface area is 64.6 Å². The fourth-order valence-corrected chi connectivity index (χ4v) is 1.27. The normalized spacial score (nSPS) is 28.2. The summed E-state index contributed by atoms with van der Waals surface area (Å²) in [5.74, 6) is -2.26. The number of aliphatic carboxylic acids is 1. The van der Waals surface area contributed by atoms with Crippen molar-refractivity contribution in [3.8, 4) is 0 Å². The highest BCUT2D eigenvalue weighted by Gasteiger charge is 2.41. The van der Waals surface area contributed by atoms with Gasteiger partial charge in [0.25, 0.3) is 0 Å².